The third-order valence-corrected chi connectivity index (χ3v) is 14.2. The van der Waals surface area contributed by atoms with Crippen LogP contribution in [0.3, 0.4) is 0 Å². The Morgan fingerprint density at radius 3 is 1.83 bits per heavy atom. The molecule has 0 amide bonds. The van der Waals surface area contributed by atoms with E-state index >= 15 is 0 Å². The van der Waals surface area contributed by atoms with Crippen molar-refractivity contribution < 1.29 is 4.74 Å². The van der Waals surface area contributed by atoms with Crippen molar-refractivity contribution in [1.29, 1.82) is 0 Å². The minimum atomic E-state index is 0.00486. The Morgan fingerprint density at radius 2 is 1.33 bits per heavy atom. The molecule has 0 aliphatic carbocycles. The molecule has 0 fully saturated rings. The summed E-state index contributed by atoms with van der Waals surface area (Å²) in [7, 11) is 0. The van der Waals surface area contributed by atoms with Crippen LogP contribution >= 0.6 is 0 Å². The van der Waals surface area contributed by atoms with Gasteiger partial charge in [-0.15, -0.1) is 0 Å². The van der Waals surface area contributed by atoms with Crippen LogP contribution in [0.5, 0.6) is 5.75 Å². The zero-order valence-electron chi connectivity index (χ0n) is 10.6. The second-order valence-corrected chi connectivity index (χ2v) is 13.9. The van der Waals surface area contributed by atoms with Crippen molar-refractivity contribution in [1.82, 2.24) is 0 Å². The Balaban J connectivity index is 1.91. The Bertz CT molecular complexity index is 477. The van der Waals surface area contributed by atoms with Crippen molar-refractivity contribution in [2.45, 2.75) is 13.8 Å². The first-order valence-electron chi connectivity index (χ1n) is 5.92. The summed E-state index contributed by atoms with van der Waals surface area (Å²) >= 11 is 0.0266. The number of hydrogen-bond acceptors (Lipinski definition) is 1. The Kier molecular flexibility index (Phi) is 5.87. The maximum absolute atomic E-state index is 5.46. The normalized spacial score (nSPS) is 10.3. The maximum atomic E-state index is 5.46. The molecular weight excluding hydrogens is 451 g/mol. The van der Waals surface area contributed by atoms with Crippen LogP contribution in [0.4, 0.5) is 0 Å². The molecule has 18 heavy (non-hydrogen) atoms. The van der Waals surface area contributed by atoms with Gasteiger partial charge < -0.3 is 0 Å². The van der Waals surface area contributed by atoms with E-state index in [1.807, 2.05) is 6.92 Å². The number of ether oxygens (including phenoxy) is 1. The molecule has 0 aliphatic heterocycles. The molecule has 2 aromatic rings. The quantitative estimate of drug-likeness (QED) is 0.608. The third-order valence-electron chi connectivity index (χ3n) is 2.39. The van der Waals surface area contributed by atoms with Crippen LogP contribution in [0.15, 0.2) is 48.5 Å². The summed E-state index contributed by atoms with van der Waals surface area (Å²) in [6.07, 6.45) is 0. The third kappa shape index (κ3) is 4.49. The summed E-state index contributed by atoms with van der Waals surface area (Å²) in [6.45, 7) is 4.91. The predicted molar refractivity (Wildman–Crippen MR) is 79.6 cm³/mol. The van der Waals surface area contributed by atoms with Gasteiger partial charge >= 0.3 is 126 Å². The number of hydrogen-bond donors (Lipinski definition) is 0. The summed E-state index contributed by atoms with van der Waals surface area (Å²) in [4.78, 5) is 0. The van der Waals surface area contributed by atoms with Gasteiger partial charge in [-0.25, -0.2) is 0 Å². The summed E-state index contributed by atoms with van der Waals surface area (Å²) in [6, 6.07) is 17.8. The van der Waals surface area contributed by atoms with E-state index in [0.29, 0.717) is 0 Å². The zero-order valence-corrected chi connectivity index (χ0v) is 15.2. The topological polar surface area (TPSA) is 9.23 Å². The van der Waals surface area contributed by atoms with E-state index in [-0.39, 0.29) is 34.1 Å². The number of benzene rings is 2. The Labute approximate surface area is 125 Å². The Hall–Kier alpha value is -0.181. The summed E-state index contributed by atoms with van der Waals surface area (Å²) in [5.41, 5.74) is 1.35. The van der Waals surface area contributed by atoms with E-state index in [1.165, 1.54) is 5.56 Å². The van der Waals surface area contributed by atoms with Crippen LogP contribution in [0.25, 0.3) is 0 Å². The second kappa shape index (κ2) is 7.42. The molecule has 0 aliphatic rings. The van der Waals surface area contributed by atoms with Crippen LogP contribution in [-0.4, -0.2) is 40.7 Å². The fraction of sp³-hybridized carbons (Fsp3) is 0.200. The van der Waals surface area contributed by atoms with E-state index < -0.39 is 0 Å². The van der Waals surface area contributed by atoms with Gasteiger partial charge in [0.25, 0.3) is 0 Å². The molecule has 0 radical (unpaired) electrons. The van der Waals surface area contributed by atoms with Gasteiger partial charge in [-0.2, -0.15) is 0 Å². The van der Waals surface area contributed by atoms with Gasteiger partial charge in [0.1, 0.15) is 0 Å². The fourth-order valence-electron chi connectivity index (χ4n) is 1.45. The molecule has 0 heterocycles. The van der Waals surface area contributed by atoms with Gasteiger partial charge in [0.2, 0.25) is 0 Å². The van der Waals surface area contributed by atoms with Gasteiger partial charge in [-0.3, -0.25) is 0 Å². The molecule has 0 unspecified atom stereocenters. The molecule has 0 spiro atoms. The molecule has 0 aromatic heterocycles. The van der Waals surface area contributed by atoms with E-state index in [0.717, 1.165) is 12.4 Å². The van der Waals surface area contributed by atoms with Gasteiger partial charge in [-0.1, -0.05) is 0 Å². The van der Waals surface area contributed by atoms with Crippen LogP contribution in [0.2, 0.25) is 0 Å². The average molecular weight is 467 g/mol. The molecule has 1 nitrogen and oxygen atoms in total. The van der Waals surface area contributed by atoms with Gasteiger partial charge in [-0.05, 0) is 0 Å². The van der Waals surface area contributed by atoms with E-state index in [2.05, 4.69) is 55.5 Å². The standard InChI is InChI=1S/C15H16OTe2/c1-3-16-13-6-10-15(11-7-13)18-17-14-8-4-12(2)5-9-14/h4-11H,3H2,1-2H3. The van der Waals surface area contributed by atoms with Gasteiger partial charge in [0.15, 0.2) is 0 Å². The van der Waals surface area contributed by atoms with Crippen molar-refractivity contribution in [2.24, 2.45) is 0 Å². The minimum absolute atomic E-state index is 0.00486. The molecule has 0 saturated carbocycles. The van der Waals surface area contributed by atoms with Crippen LogP contribution in [-0.2, 0) is 0 Å². The molecule has 2 rings (SSSR count). The molecule has 0 atom stereocenters. The van der Waals surface area contributed by atoms with Crippen molar-refractivity contribution in [2.75, 3.05) is 6.61 Å². The SMILES string of the molecule is CCOc1ccc([Te][Te]c2ccc(C)cc2)cc1. The molecule has 2 aromatic carbocycles. The van der Waals surface area contributed by atoms with Crippen molar-refractivity contribution in [3.05, 3.63) is 54.1 Å². The first-order valence-corrected chi connectivity index (χ1v) is 15.6. The molecule has 3 heteroatoms. The van der Waals surface area contributed by atoms with E-state index in [1.54, 1.807) is 7.22 Å². The second-order valence-electron chi connectivity index (χ2n) is 3.88. The van der Waals surface area contributed by atoms with E-state index in [9.17, 15) is 0 Å². The molecule has 0 N–H and O–H groups in total. The van der Waals surface area contributed by atoms with Crippen LogP contribution in [0.1, 0.15) is 12.5 Å². The van der Waals surface area contributed by atoms with Crippen molar-refractivity contribution in [3.63, 3.8) is 0 Å². The van der Waals surface area contributed by atoms with Crippen molar-refractivity contribution >= 4 is 41.3 Å². The Morgan fingerprint density at radius 1 is 0.833 bits per heavy atom. The monoisotopic (exact) mass is 472 g/mol. The molecule has 0 bridgehead atoms. The zero-order chi connectivity index (χ0) is 12.8. The average Bonchev–Trinajstić information content (AvgIpc) is 2.40. The summed E-state index contributed by atoms with van der Waals surface area (Å²) in [5.74, 6) is 0.990. The van der Waals surface area contributed by atoms with Crippen molar-refractivity contribution in [3.8, 4) is 5.75 Å². The number of rotatable bonds is 5. The van der Waals surface area contributed by atoms with Crippen LogP contribution in [0, 0.1) is 6.92 Å². The molecule has 0 saturated heterocycles. The first kappa shape index (κ1) is 14.2. The van der Waals surface area contributed by atoms with Gasteiger partial charge in [0, 0.05) is 0 Å². The first-order chi connectivity index (χ1) is 8.78. The van der Waals surface area contributed by atoms with Crippen LogP contribution < -0.4 is 12.0 Å². The number of aryl methyl sites for hydroxylation is 1. The summed E-state index contributed by atoms with van der Waals surface area (Å²) < 4.78 is 8.60. The van der Waals surface area contributed by atoms with Gasteiger partial charge in [0.05, 0.1) is 0 Å². The summed E-state index contributed by atoms with van der Waals surface area (Å²) in [5, 5.41) is 0. The molecular formula is C15H16OTe2. The fourth-order valence-corrected chi connectivity index (χ4v) is 11.3. The molecule has 94 valence electrons. The predicted octanol–water partition coefficient (Wildman–Crippen LogP) is 1.67. The van der Waals surface area contributed by atoms with E-state index in [4.69, 9.17) is 4.74 Å².